The maximum Gasteiger partial charge on any atom is 0.0639 e. The molecule has 3 N–H and O–H groups in total. The Bertz CT molecular complexity index is 185. The summed E-state index contributed by atoms with van der Waals surface area (Å²) in [6.45, 7) is 9.20. The van der Waals surface area contributed by atoms with E-state index in [0.717, 1.165) is 12.8 Å². The first-order valence-corrected chi connectivity index (χ1v) is 5.25. The van der Waals surface area contributed by atoms with Crippen molar-refractivity contribution >= 4 is 0 Å². The fourth-order valence-electron chi connectivity index (χ4n) is 2.01. The molecule has 0 saturated heterocycles. The minimum absolute atomic E-state index is 0.0849. The highest BCUT2D eigenvalue weighted by molar-refractivity contribution is 5.03. The minimum atomic E-state index is -0.225. The highest BCUT2D eigenvalue weighted by atomic mass is 16.3. The molecule has 0 spiro atoms. The highest BCUT2D eigenvalue weighted by Gasteiger charge is 2.53. The second kappa shape index (κ2) is 3.25. The normalized spacial score (nSPS) is 32.3. The molecule has 78 valence electrons. The topological polar surface area (TPSA) is 46.2 Å². The van der Waals surface area contributed by atoms with Gasteiger partial charge in [-0.3, -0.25) is 0 Å². The Balaban J connectivity index is 2.62. The van der Waals surface area contributed by atoms with E-state index >= 15 is 0 Å². The van der Waals surface area contributed by atoms with Gasteiger partial charge in [0.15, 0.2) is 0 Å². The third kappa shape index (κ3) is 1.89. The maximum absolute atomic E-state index is 10.2. The highest BCUT2D eigenvalue weighted by Crippen LogP contribution is 2.56. The van der Waals surface area contributed by atoms with Crippen molar-refractivity contribution in [2.24, 2.45) is 22.5 Å². The third-order valence-corrected chi connectivity index (χ3v) is 3.96. The van der Waals surface area contributed by atoms with Crippen LogP contribution in [0.3, 0.4) is 0 Å². The van der Waals surface area contributed by atoms with E-state index in [2.05, 4.69) is 27.7 Å². The van der Waals surface area contributed by atoms with Gasteiger partial charge in [0.2, 0.25) is 0 Å². The third-order valence-electron chi connectivity index (χ3n) is 3.96. The predicted octanol–water partition coefficient (Wildman–Crippen LogP) is 1.77. The molecule has 2 nitrogen and oxygen atoms in total. The van der Waals surface area contributed by atoms with Crippen LogP contribution in [0.25, 0.3) is 0 Å². The molecular formula is C11H23NO. The van der Waals surface area contributed by atoms with Gasteiger partial charge < -0.3 is 10.8 Å². The molecule has 0 aromatic carbocycles. The van der Waals surface area contributed by atoms with Crippen LogP contribution in [-0.2, 0) is 0 Å². The van der Waals surface area contributed by atoms with Crippen LogP contribution < -0.4 is 5.73 Å². The van der Waals surface area contributed by atoms with Gasteiger partial charge in [-0.1, -0.05) is 27.7 Å². The van der Waals surface area contributed by atoms with E-state index in [1.54, 1.807) is 0 Å². The molecule has 0 radical (unpaired) electrons. The molecule has 3 atom stereocenters. The summed E-state index contributed by atoms with van der Waals surface area (Å²) in [5.74, 6) is 0.459. The molecule has 0 aliphatic heterocycles. The fraction of sp³-hybridized carbons (Fsp3) is 1.00. The standard InChI is InChI=1S/C11H23NO/c1-5-11(4,7-12)9(13)8-6-10(8,2)3/h8-9,13H,5-7,12H2,1-4H3. The lowest BCUT2D eigenvalue weighted by Crippen LogP contribution is -2.40. The van der Waals surface area contributed by atoms with Gasteiger partial charge >= 0.3 is 0 Å². The van der Waals surface area contributed by atoms with E-state index in [0.29, 0.717) is 17.9 Å². The van der Waals surface area contributed by atoms with Crippen molar-refractivity contribution < 1.29 is 5.11 Å². The lowest BCUT2D eigenvalue weighted by Gasteiger charge is -2.33. The van der Waals surface area contributed by atoms with Gasteiger partial charge in [0.05, 0.1) is 6.10 Å². The van der Waals surface area contributed by atoms with Crippen LogP contribution in [0.1, 0.15) is 40.5 Å². The second-order valence-electron chi connectivity index (χ2n) is 5.46. The van der Waals surface area contributed by atoms with Crippen LogP contribution in [0.15, 0.2) is 0 Å². The average Bonchev–Trinajstić information content (AvgIpc) is 2.72. The van der Waals surface area contributed by atoms with E-state index in [1.807, 2.05) is 0 Å². The molecule has 0 heterocycles. The average molecular weight is 185 g/mol. The summed E-state index contributed by atoms with van der Waals surface area (Å²) in [6.07, 6.45) is 1.87. The largest absolute Gasteiger partial charge is 0.392 e. The number of nitrogens with two attached hydrogens (primary N) is 1. The van der Waals surface area contributed by atoms with Crippen LogP contribution in [0.5, 0.6) is 0 Å². The molecule has 0 aromatic heterocycles. The smallest absolute Gasteiger partial charge is 0.0639 e. The molecule has 1 aliphatic carbocycles. The van der Waals surface area contributed by atoms with Gasteiger partial charge in [0, 0.05) is 12.0 Å². The molecular weight excluding hydrogens is 162 g/mol. The Labute approximate surface area is 81.5 Å². The van der Waals surface area contributed by atoms with Crippen molar-refractivity contribution in [3.8, 4) is 0 Å². The molecule has 1 saturated carbocycles. The SMILES string of the molecule is CCC(C)(CN)C(O)C1CC1(C)C. The van der Waals surface area contributed by atoms with Crippen molar-refractivity contribution in [3.05, 3.63) is 0 Å². The van der Waals surface area contributed by atoms with Crippen LogP contribution in [0, 0.1) is 16.7 Å². The molecule has 0 bridgehead atoms. The summed E-state index contributed by atoms with van der Waals surface area (Å²) < 4.78 is 0. The van der Waals surface area contributed by atoms with E-state index in [4.69, 9.17) is 5.73 Å². The second-order valence-corrected chi connectivity index (χ2v) is 5.46. The summed E-state index contributed by atoms with van der Waals surface area (Å²) in [5.41, 5.74) is 5.97. The van der Waals surface area contributed by atoms with E-state index < -0.39 is 0 Å². The zero-order valence-corrected chi connectivity index (χ0v) is 9.30. The lowest BCUT2D eigenvalue weighted by molar-refractivity contribution is 0.0137. The molecule has 2 heteroatoms. The molecule has 13 heavy (non-hydrogen) atoms. The summed E-state index contributed by atoms with van der Waals surface area (Å²) in [7, 11) is 0. The predicted molar refractivity (Wildman–Crippen MR) is 55.3 cm³/mol. The van der Waals surface area contributed by atoms with E-state index in [1.165, 1.54) is 0 Å². The Morgan fingerprint density at radius 3 is 2.31 bits per heavy atom. The molecule has 1 fully saturated rings. The first kappa shape index (κ1) is 11.0. The summed E-state index contributed by atoms with van der Waals surface area (Å²) in [4.78, 5) is 0. The minimum Gasteiger partial charge on any atom is -0.392 e. The van der Waals surface area contributed by atoms with Crippen molar-refractivity contribution in [2.45, 2.75) is 46.6 Å². The molecule has 1 aliphatic rings. The van der Waals surface area contributed by atoms with Crippen LogP contribution in [0.4, 0.5) is 0 Å². The van der Waals surface area contributed by atoms with Gasteiger partial charge in [0.1, 0.15) is 0 Å². The van der Waals surface area contributed by atoms with Crippen molar-refractivity contribution in [3.63, 3.8) is 0 Å². The first-order valence-electron chi connectivity index (χ1n) is 5.25. The number of hydrogen-bond acceptors (Lipinski definition) is 2. The molecule has 3 unspecified atom stereocenters. The summed E-state index contributed by atoms with van der Waals surface area (Å²) in [5, 5.41) is 10.2. The summed E-state index contributed by atoms with van der Waals surface area (Å²) >= 11 is 0. The summed E-state index contributed by atoms with van der Waals surface area (Å²) in [6, 6.07) is 0. The Hall–Kier alpha value is -0.0800. The van der Waals surface area contributed by atoms with Crippen LogP contribution >= 0.6 is 0 Å². The fourth-order valence-corrected chi connectivity index (χ4v) is 2.01. The maximum atomic E-state index is 10.2. The Morgan fingerprint density at radius 1 is 1.62 bits per heavy atom. The zero-order chi connectivity index (χ0) is 10.3. The number of rotatable bonds is 4. The van der Waals surface area contributed by atoms with Gasteiger partial charge in [-0.25, -0.2) is 0 Å². The first-order chi connectivity index (χ1) is 5.87. The Morgan fingerprint density at radius 2 is 2.08 bits per heavy atom. The zero-order valence-electron chi connectivity index (χ0n) is 9.30. The molecule has 0 aromatic rings. The van der Waals surface area contributed by atoms with E-state index in [9.17, 15) is 5.11 Å². The lowest BCUT2D eigenvalue weighted by atomic mass is 9.78. The monoisotopic (exact) mass is 185 g/mol. The van der Waals surface area contributed by atoms with Gasteiger partial charge in [-0.05, 0) is 24.2 Å². The van der Waals surface area contributed by atoms with Crippen molar-refractivity contribution in [1.29, 1.82) is 0 Å². The van der Waals surface area contributed by atoms with Crippen molar-refractivity contribution in [2.75, 3.05) is 6.54 Å². The van der Waals surface area contributed by atoms with Crippen LogP contribution in [-0.4, -0.2) is 17.8 Å². The molecule has 1 rings (SSSR count). The van der Waals surface area contributed by atoms with Crippen LogP contribution in [0.2, 0.25) is 0 Å². The van der Waals surface area contributed by atoms with Gasteiger partial charge in [-0.15, -0.1) is 0 Å². The number of aliphatic hydroxyl groups excluding tert-OH is 1. The van der Waals surface area contributed by atoms with Gasteiger partial charge in [0.25, 0.3) is 0 Å². The van der Waals surface area contributed by atoms with E-state index in [-0.39, 0.29) is 11.5 Å². The number of aliphatic hydroxyl groups is 1. The van der Waals surface area contributed by atoms with Gasteiger partial charge in [-0.2, -0.15) is 0 Å². The Kier molecular flexibility index (Phi) is 2.75. The number of hydrogen-bond donors (Lipinski definition) is 2. The van der Waals surface area contributed by atoms with Crippen molar-refractivity contribution in [1.82, 2.24) is 0 Å². The quantitative estimate of drug-likeness (QED) is 0.701. The molecule has 0 amide bonds.